The van der Waals surface area contributed by atoms with Crippen LogP contribution in [0.25, 0.3) is 0 Å². The average molecular weight is 393 g/mol. The van der Waals surface area contributed by atoms with Gasteiger partial charge in [-0.05, 0) is 26.0 Å². The normalized spacial score (nSPS) is 16.4. The van der Waals surface area contributed by atoms with Crippen molar-refractivity contribution in [3.05, 3.63) is 34.7 Å². The number of aromatic nitrogens is 1. The molecule has 0 saturated carbocycles. The van der Waals surface area contributed by atoms with Gasteiger partial charge in [0.2, 0.25) is 5.91 Å². The van der Waals surface area contributed by atoms with E-state index in [1.165, 1.54) is 11.3 Å². The van der Waals surface area contributed by atoms with Crippen LogP contribution in [0.2, 0.25) is 0 Å². The lowest BCUT2D eigenvalue weighted by Crippen LogP contribution is -2.42. The van der Waals surface area contributed by atoms with Gasteiger partial charge in [0.25, 0.3) is 0 Å². The van der Waals surface area contributed by atoms with Gasteiger partial charge in [0.05, 0.1) is 24.9 Å². The van der Waals surface area contributed by atoms with Gasteiger partial charge in [-0.25, -0.2) is 4.98 Å². The molecule has 1 aliphatic heterocycles. The molecule has 0 spiro atoms. The van der Waals surface area contributed by atoms with Crippen LogP contribution in [0.3, 0.4) is 0 Å². The van der Waals surface area contributed by atoms with Crippen LogP contribution < -0.4 is 10.2 Å². The number of aryl methyl sites for hydroxylation is 1. The maximum atomic E-state index is 11.7. The van der Waals surface area contributed by atoms with Crippen molar-refractivity contribution in [2.45, 2.75) is 33.4 Å². The van der Waals surface area contributed by atoms with Crippen molar-refractivity contribution in [3.8, 4) is 0 Å². The monoisotopic (exact) mass is 392 g/mol. The van der Waals surface area contributed by atoms with E-state index in [0.717, 1.165) is 55.2 Å². The third-order valence-corrected chi connectivity index (χ3v) is 5.60. The van der Waals surface area contributed by atoms with Gasteiger partial charge in [0.1, 0.15) is 11.5 Å². The number of furan rings is 1. The summed E-state index contributed by atoms with van der Waals surface area (Å²) >= 11 is 1.51. The molecule has 2 aromatic heterocycles. The highest BCUT2D eigenvalue weighted by Crippen LogP contribution is 2.24. The van der Waals surface area contributed by atoms with Gasteiger partial charge in [0, 0.05) is 45.0 Å². The number of nitrogens with one attached hydrogen (secondary N) is 1. The van der Waals surface area contributed by atoms with Gasteiger partial charge in [-0.2, -0.15) is 0 Å². The van der Waals surface area contributed by atoms with Crippen molar-refractivity contribution >= 4 is 22.4 Å². The van der Waals surface area contributed by atoms with Crippen molar-refractivity contribution < 1.29 is 13.9 Å². The van der Waals surface area contributed by atoms with Gasteiger partial charge in [-0.1, -0.05) is 0 Å². The summed E-state index contributed by atoms with van der Waals surface area (Å²) in [5.41, 5.74) is 0.950. The van der Waals surface area contributed by atoms with E-state index >= 15 is 0 Å². The molecule has 1 atom stereocenters. The molecule has 148 valence electrons. The summed E-state index contributed by atoms with van der Waals surface area (Å²) in [5.74, 6) is 1.93. The first kappa shape index (κ1) is 20.0. The molecule has 1 saturated heterocycles. The van der Waals surface area contributed by atoms with E-state index in [0.29, 0.717) is 13.1 Å². The van der Waals surface area contributed by atoms with Crippen LogP contribution >= 0.6 is 11.3 Å². The minimum Gasteiger partial charge on any atom is -0.465 e. The second kappa shape index (κ2) is 9.45. The zero-order valence-electron chi connectivity index (χ0n) is 16.2. The van der Waals surface area contributed by atoms with E-state index in [1.807, 2.05) is 25.3 Å². The fraction of sp³-hybridized carbons (Fsp3) is 0.579. The van der Waals surface area contributed by atoms with Crippen LogP contribution in [0.4, 0.5) is 5.13 Å². The summed E-state index contributed by atoms with van der Waals surface area (Å²) in [6, 6.07) is 4.24. The van der Waals surface area contributed by atoms with Crippen molar-refractivity contribution in [1.29, 1.82) is 0 Å². The number of anilines is 1. The Bertz CT molecular complexity index is 739. The number of hydrogen-bond acceptors (Lipinski definition) is 7. The van der Waals surface area contributed by atoms with Gasteiger partial charge in [-0.15, -0.1) is 11.3 Å². The van der Waals surface area contributed by atoms with Crippen LogP contribution in [0.5, 0.6) is 0 Å². The molecule has 8 heteroatoms. The number of thiazole rings is 1. The van der Waals surface area contributed by atoms with Crippen molar-refractivity contribution in [1.82, 2.24) is 15.2 Å². The Hall–Kier alpha value is -1.74. The third-order valence-electron chi connectivity index (χ3n) is 4.69. The van der Waals surface area contributed by atoms with Crippen LogP contribution in [0.1, 0.15) is 37.1 Å². The van der Waals surface area contributed by atoms with Gasteiger partial charge < -0.3 is 14.5 Å². The van der Waals surface area contributed by atoms with Crippen LogP contribution in [-0.4, -0.2) is 55.2 Å². The fourth-order valence-electron chi connectivity index (χ4n) is 3.26. The standard InChI is InChI=1S/C19H28N4O3S/c1-4-23(15(3)24)19-21-16(13-27-19)11-20-12-17(18-6-5-14(2)26-18)22-7-9-25-10-8-22/h5-6,13,17,20H,4,7-12H2,1-3H3. The molecule has 3 heterocycles. The molecule has 1 amide bonds. The lowest BCUT2D eigenvalue weighted by atomic mass is 10.1. The topological polar surface area (TPSA) is 70.8 Å². The molecule has 0 bridgehead atoms. The Labute approximate surface area is 164 Å². The molecular formula is C19H28N4O3S. The highest BCUT2D eigenvalue weighted by molar-refractivity contribution is 7.14. The number of hydrogen-bond donors (Lipinski definition) is 1. The number of ether oxygens (including phenoxy) is 1. The maximum Gasteiger partial charge on any atom is 0.225 e. The number of carbonyl (C=O) groups is 1. The summed E-state index contributed by atoms with van der Waals surface area (Å²) in [7, 11) is 0. The fourth-order valence-corrected chi connectivity index (χ4v) is 4.19. The number of rotatable bonds is 8. The van der Waals surface area contributed by atoms with Crippen molar-refractivity contribution in [2.24, 2.45) is 0 Å². The molecule has 0 radical (unpaired) electrons. The lowest BCUT2D eigenvalue weighted by molar-refractivity contribution is -0.116. The molecule has 0 aromatic carbocycles. The van der Waals surface area contributed by atoms with E-state index < -0.39 is 0 Å². The second-order valence-corrected chi connectivity index (χ2v) is 7.46. The summed E-state index contributed by atoms with van der Waals surface area (Å²) in [6.45, 7) is 10.9. The van der Waals surface area contributed by atoms with Gasteiger partial charge >= 0.3 is 0 Å². The first-order valence-corrected chi connectivity index (χ1v) is 10.3. The minimum atomic E-state index is 0.0203. The molecule has 2 aromatic rings. The number of nitrogens with zero attached hydrogens (tertiary/aromatic N) is 3. The van der Waals surface area contributed by atoms with Crippen LogP contribution in [-0.2, 0) is 16.1 Å². The Morgan fingerprint density at radius 3 is 2.81 bits per heavy atom. The average Bonchev–Trinajstić information content (AvgIpc) is 3.29. The lowest BCUT2D eigenvalue weighted by Gasteiger charge is -2.33. The zero-order chi connectivity index (χ0) is 19.2. The quantitative estimate of drug-likeness (QED) is 0.745. The molecule has 1 N–H and O–H groups in total. The van der Waals surface area contributed by atoms with Gasteiger partial charge in [0.15, 0.2) is 5.13 Å². The highest BCUT2D eigenvalue weighted by Gasteiger charge is 2.25. The Balaban J connectivity index is 1.60. The smallest absolute Gasteiger partial charge is 0.225 e. The van der Waals surface area contributed by atoms with E-state index in [2.05, 4.69) is 21.3 Å². The molecular weight excluding hydrogens is 364 g/mol. The summed E-state index contributed by atoms with van der Waals surface area (Å²) in [4.78, 5) is 20.4. The van der Waals surface area contributed by atoms with Gasteiger partial charge in [-0.3, -0.25) is 14.6 Å². The maximum absolute atomic E-state index is 11.7. The highest BCUT2D eigenvalue weighted by atomic mass is 32.1. The first-order chi connectivity index (χ1) is 13.1. The zero-order valence-corrected chi connectivity index (χ0v) is 17.1. The Morgan fingerprint density at radius 1 is 1.41 bits per heavy atom. The Morgan fingerprint density at radius 2 is 2.19 bits per heavy atom. The van der Waals surface area contributed by atoms with Crippen molar-refractivity contribution in [3.63, 3.8) is 0 Å². The SMILES string of the molecule is CCN(C(C)=O)c1nc(CNCC(c2ccc(C)o2)N2CCOCC2)cs1. The molecule has 1 aliphatic rings. The van der Waals surface area contributed by atoms with E-state index in [4.69, 9.17) is 9.15 Å². The summed E-state index contributed by atoms with van der Waals surface area (Å²) in [5, 5.41) is 6.27. The molecule has 1 fully saturated rings. The van der Waals surface area contributed by atoms with Crippen LogP contribution in [0, 0.1) is 6.92 Å². The summed E-state index contributed by atoms with van der Waals surface area (Å²) in [6.07, 6.45) is 0. The largest absolute Gasteiger partial charge is 0.465 e. The van der Waals surface area contributed by atoms with E-state index in [1.54, 1.807) is 11.8 Å². The third kappa shape index (κ3) is 5.16. The number of carbonyl (C=O) groups excluding carboxylic acids is 1. The number of amides is 1. The summed E-state index contributed by atoms with van der Waals surface area (Å²) < 4.78 is 11.4. The second-order valence-electron chi connectivity index (χ2n) is 6.63. The molecule has 7 nitrogen and oxygen atoms in total. The molecule has 0 aliphatic carbocycles. The molecule has 27 heavy (non-hydrogen) atoms. The predicted octanol–water partition coefficient (Wildman–Crippen LogP) is 2.58. The minimum absolute atomic E-state index is 0.0203. The van der Waals surface area contributed by atoms with Crippen LogP contribution in [0.15, 0.2) is 21.9 Å². The van der Waals surface area contributed by atoms with E-state index in [9.17, 15) is 4.79 Å². The predicted molar refractivity (Wildman–Crippen MR) is 106 cm³/mol. The van der Waals surface area contributed by atoms with E-state index in [-0.39, 0.29) is 11.9 Å². The molecule has 3 rings (SSSR count). The number of morpholine rings is 1. The van der Waals surface area contributed by atoms with Crippen molar-refractivity contribution in [2.75, 3.05) is 44.3 Å². The first-order valence-electron chi connectivity index (χ1n) is 9.39. The molecule has 1 unspecified atom stereocenters. The Kier molecular flexibility index (Phi) is 7.01.